The molecule has 4 rings (SSSR count). The van der Waals surface area contributed by atoms with Gasteiger partial charge in [0.15, 0.2) is 4.75 Å². The van der Waals surface area contributed by atoms with E-state index in [1.807, 2.05) is 0 Å². The minimum atomic E-state index is -4.03. The number of sulfonamides is 1. The SMILES string of the molecule is O=C(NO)C1(S(=O)(=O)N2CCC(c3ccc(-c4ccc(F)cc4F)cn3)CC2)CCOCC1. The van der Waals surface area contributed by atoms with E-state index in [0.29, 0.717) is 18.4 Å². The summed E-state index contributed by atoms with van der Waals surface area (Å²) in [6.07, 6.45) is 2.49. The van der Waals surface area contributed by atoms with Crippen LogP contribution in [0.25, 0.3) is 11.1 Å². The minimum absolute atomic E-state index is 0.000808. The number of amides is 1. The summed E-state index contributed by atoms with van der Waals surface area (Å²) in [5.41, 5.74) is 3.05. The smallest absolute Gasteiger partial charge is 0.266 e. The number of aromatic nitrogens is 1. The number of rotatable bonds is 5. The highest BCUT2D eigenvalue weighted by atomic mass is 32.2. The molecule has 2 fully saturated rings. The number of ether oxygens (including phenoxy) is 1. The number of carbonyl (C=O) groups excluding carboxylic acids is 1. The zero-order valence-corrected chi connectivity index (χ0v) is 18.7. The Labute approximate surface area is 190 Å². The highest BCUT2D eigenvalue weighted by Gasteiger charge is 2.54. The molecule has 0 spiro atoms. The summed E-state index contributed by atoms with van der Waals surface area (Å²) in [6.45, 7) is 0.663. The van der Waals surface area contributed by atoms with Gasteiger partial charge in [0.1, 0.15) is 11.6 Å². The van der Waals surface area contributed by atoms with Crippen molar-refractivity contribution in [2.45, 2.75) is 36.3 Å². The first kappa shape index (κ1) is 23.7. The van der Waals surface area contributed by atoms with Crippen molar-refractivity contribution in [2.24, 2.45) is 0 Å². The molecule has 1 aromatic heterocycles. The summed E-state index contributed by atoms with van der Waals surface area (Å²) in [4.78, 5) is 16.8. The van der Waals surface area contributed by atoms with E-state index >= 15 is 0 Å². The zero-order valence-electron chi connectivity index (χ0n) is 17.8. The van der Waals surface area contributed by atoms with Crippen molar-refractivity contribution in [3.05, 3.63) is 53.9 Å². The number of pyridine rings is 1. The second-order valence-electron chi connectivity index (χ2n) is 8.32. The average Bonchev–Trinajstić information content (AvgIpc) is 2.84. The first-order valence-corrected chi connectivity index (χ1v) is 12.2. The van der Waals surface area contributed by atoms with Crippen LogP contribution < -0.4 is 5.48 Å². The molecular weight excluding hydrogens is 456 g/mol. The molecular formula is C22H25F2N3O5S. The number of nitrogens with one attached hydrogen (secondary N) is 1. The lowest BCUT2D eigenvalue weighted by Crippen LogP contribution is -2.60. The Balaban J connectivity index is 1.46. The van der Waals surface area contributed by atoms with Gasteiger partial charge in [0, 0.05) is 74.1 Å². The number of halogens is 2. The van der Waals surface area contributed by atoms with Crippen LogP contribution in [-0.4, -0.2) is 59.9 Å². The van der Waals surface area contributed by atoms with Crippen molar-refractivity contribution in [1.82, 2.24) is 14.8 Å². The molecule has 33 heavy (non-hydrogen) atoms. The van der Waals surface area contributed by atoms with Crippen LogP contribution >= 0.6 is 0 Å². The van der Waals surface area contributed by atoms with Gasteiger partial charge in [-0.1, -0.05) is 6.07 Å². The van der Waals surface area contributed by atoms with Crippen molar-refractivity contribution in [3.8, 4) is 11.1 Å². The Morgan fingerprint density at radius 2 is 1.85 bits per heavy atom. The highest BCUT2D eigenvalue weighted by molar-refractivity contribution is 7.91. The van der Waals surface area contributed by atoms with Crippen molar-refractivity contribution in [2.75, 3.05) is 26.3 Å². The summed E-state index contributed by atoms with van der Waals surface area (Å²) < 4.78 is 58.8. The molecule has 0 unspecified atom stereocenters. The second-order valence-corrected chi connectivity index (χ2v) is 10.6. The third-order valence-corrected chi connectivity index (χ3v) is 9.18. The Hall–Kier alpha value is -2.47. The standard InChI is InChI=1S/C22H25F2N3O5S/c23-17-2-3-18(19(24)13-17)16-1-4-20(25-14-16)15-5-9-27(10-6-15)33(30,31)22(21(28)26-29)7-11-32-12-8-22/h1-4,13-15,29H,5-12H2,(H,26,28). The molecule has 0 aliphatic carbocycles. The van der Waals surface area contributed by atoms with Gasteiger partial charge in [-0.25, -0.2) is 27.0 Å². The maximum Gasteiger partial charge on any atom is 0.266 e. The highest BCUT2D eigenvalue weighted by Crippen LogP contribution is 2.37. The van der Waals surface area contributed by atoms with Crippen LogP contribution in [0.15, 0.2) is 36.5 Å². The topological polar surface area (TPSA) is 109 Å². The number of hydrogen-bond acceptors (Lipinski definition) is 6. The molecule has 0 saturated carbocycles. The number of hydrogen-bond donors (Lipinski definition) is 2. The lowest BCUT2D eigenvalue weighted by atomic mass is 9.93. The van der Waals surface area contributed by atoms with Crippen molar-refractivity contribution in [3.63, 3.8) is 0 Å². The quantitative estimate of drug-likeness (QED) is 0.502. The fourth-order valence-corrected chi connectivity index (χ4v) is 6.72. The van der Waals surface area contributed by atoms with Crippen LogP contribution in [0.5, 0.6) is 0 Å². The predicted molar refractivity (Wildman–Crippen MR) is 115 cm³/mol. The van der Waals surface area contributed by atoms with Crippen LogP contribution in [0.2, 0.25) is 0 Å². The first-order valence-electron chi connectivity index (χ1n) is 10.7. The van der Waals surface area contributed by atoms with E-state index < -0.39 is 32.3 Å². The third-order valence-electron chi connectivity index (χ3n) is 6.55. The van der Waals surface area contributed by atoms with Crippen LogP contribution in [0.1, 0.15) is 37.3 Å². The lowest BCUT2D eigenvalue weighted by Gasteiger charge is -2.40. The molecule has 11 heteroatoms. The largest absolute Gasteiger partial charge is 0.381 e. The van der Waals surface area contributed by atoms with Crippen molar-refractivity contribution < 1.29 is 31.9 Å². The van der Waals surface area contributed by atoms with E-state index in [2.05, 4.69) is 4.98 Å². The van der Waals surface area contributed by atoms with E-state index in [0.717, 1.165) is 11.8 Å². The van der Waals surface area contributed by atoms with Crippen molar-refractivity contribution in [1.29, 1.82) is 0 Å². The summed E-state index contributed by atoms with van der Waals surface area (Å²) in [5, 5.41) is 9.17. The number of piperidine rings is 1. The molecule has 1 amide bonds. The molecule has 2 saturated heterocycles. The molecule has 2 aliphatic heterocycles. The normalized spacial score (nSPS) is 19.8. The molecule has 0 bridgehead atoms. The van der Waals surface area contributed by atoms with Gasteiger partial charge in [-0.3, -0.25) is 15.0 Å². The molecule has 2 N–H and O–H groups in total. The van der Waals surface area contributed by atoms with E-state index in [1.54, 1.807) is 12.1 Å². The monoisotopic (exact) mass is 481 g/mol. The Morgan fingerprint density at radius 1 is 1.15 bits per heavy atom. The van der Waals surface area contributed by atoms with Crippen LogP contribution in [0.4, 0.5) is 8.78 Å². The fraction of sp³-hybridized carbons (Fsp3) is 0.455. The number of carbonyl (C=O) groups is 1. The van der Waals surface area contributed by atoms with Gasteiger partial charge in [0.2, 0.25) is 10.0 Å². The number of benzene rings is 1. The number of nitrogens with zero attached hydrogens (tertiary/aromatic N) is 2. The van der Waals surface area contributed by atoms with Crippen molar-refractivity contribution >= 4 is 15.9 Å². The summed E-state index contributed by atoms with van der Waals surface area (Å²) in [6, 6.07) is 6.85. The van der Waals surface area contributed by atoms with Gasteiger partial charge in [0.05, 0.1) is 0 Å². The molecule has 178 valence electrons. The van der Waals surface area contributed by atoms with Crippen LogP contribution in [-0.2, 0) is 19.6 Å². The minimum Gasteiger partial charge on any atom is -0.381 e. The molecule has 0 atom stereocenters. The van der Waals surface area contributed by atoms with Gasteiger partial charge < -0.3 is 4.74 Å². The number of hydroxylamine groups is 1. The molecule has 1 aromatic carbocycles. The molecule has 2 aliphatic rings. The maximum absolute atomic E-state index is 14.0. The van der Waals surface area contributed by atoms with E-state index in [1.165, 1.54) is 28.1 Å². The van der Waals surface area contributed by atoms with Gasteiger partial charge in [0.25, 0.3) is 5.91 Å². The molecule has 8 nitrogen and oxygen atoms in total. The van der Waals surface area contributed by atoms with Gasteiger partial charge >= 0.3 is 0 Å². The summed E-state index contributed by atoms with van der Waals surface area (Å²) in [7, 11) is -4.03. The van der Waals surface area contributed by atoms with E-state index in [4.69, 9.17) is 9.94 Å². The van der Waals surface area contributed by atoms with E-state index in [-0.39, 0.29) is 50.6 Å². The maximum atomic E-state index is 14.0. The zero-order chi connectivity index (χ0) is 23.6. The van der Waals surface area contributed by atoms with Gasteiger partial charge in [-0.15, -0.1) is 0 Å². The van der Waals surface area contributed by atoms with Gasteiger partial charge in [-0.05, 0) is 31.0 Å². The molecule has 3 heterocycles. The second kappa shape index (κ2) is 9.41. The Bertz CT molecular complexity index is 1110. The first-order chi connectivity index (χ1) is 15.8. The summed E-state index contributed by atoms with van der Waals surface area (Å²) in [5.74, 6) is -2.25. The average molecular weight is 482 g/mol. The predicted octanol–water partition coefficient (Wildman–Crippen LogP) is 2.59. The molecule has 0 radical (unpaired) electrons. The van der Waals surface area contributed by atoms with Gasteiger partial charge in [-0.2, -0.15) is 0 Å². The lowest BCUT2D eigenvalue weighted by molar-refractivity contribution is -0.134. The Morgan fingerprint density at radius 3 is 2.42 bits per heavy atom. The Kier molecular flexibility index (Phi) is 6.76. The third kappa shape index (κ3) is 4.37. The molecule has 2 aromatic rings. The van der Waals surface area contributed by atoms with Crippen LogP contribution in [0.3, 0.4) is 0 Å². The summed E-state index contributed by atoms with van der Waals surface area (Å²) >= 11 is 0. The fourth-order valence-electron chi connectivity index (χ4n) is 4.57. The van der Waals surface area contributed by atoms with E-state index in [9.17, 15) is 22.0 Å². The van der Waals surface area contributed by atoms with Crippen LogP contribution in [0, 0.1) is 11.6 Å².